The van der Waals surface area contributed by atoms with Crippen LogP contribution < -0.4 is 10.5 Å². The lowest BCUT2D eigenvalue weighted by molar-refractivity contribution is 0.385. The zero-order valence-electron chi connectivity index (χ0n) is 10.9. The summed E-state index contributed by atoms with van der Waals surface area (Å²) in [4.78, 5) is 1.37. The van der Waals surface area contributed by atoms with Crippen LogP contribution in [0.1, 0.15) is 29.3 Å². The second kappa shape index (κ2) is 6.68. The monoisotopic (exact) mass is 279 g/mol. The number of methoxy groups -OCH3 is 1. The summed E-state index contributed by atoms with van der Waals surface area (Å²) in [6.45, 7) is 0. The lowest BCUT2D eigenvalue weighted by Gasteiger charge is -2.12. The van der Waals surface area contributed by atoms with Crippen LogP contribution >= 0.6 is 11.3 Å². The van der Waals surface area contributed by atoms with E-state index in [-0.39, 0.29) is 17.6 Å². The van der Waals surface area contributed by atoms with E-state index < -0.39 is 0 Å². The van der Waals surface area contributed by atoms with Gasteiger partial charge >= 0.3 is 0 Å². The maximum absolute atomic E-state index is 13.6. The Kier molecular flexibility index (Phi) is 4.93. The molecule has 2 nitrogen and oxygen atoms in total. The Morgan fingerprint density at radius 2 is 2.21 bits per heavy atom. The van der Waals surface area contributed by atoms with E-state index in [0.29, 0.717) is 0 Å². The highest BCUT2D eigenvalue weighted by Gasteiger charge is 2.10. The van der Waals surface area contributed by atoms with Crippen molar-refractivity contribution < 1.29 is 9.13 Å². The Morgan fingerprint density at radius 1 is 1.37 bits per heavy atom. The van der Waals surface area contributed by atoms with Crippen LogP contribution in [0, 0.1) is 5.82 Å². The quantitative estimate of drug-likeness (QED) is 0.870. The molecule has 0 spiro atoms. The minimum atomic E-state index is -0.353. The predicted octanol–water partition coefficient (Wildman–Crippen LogP) is 3.92. The van der Waals surface area contributed by atoms with Crippen LogP contribution in [-0.2, 0) is 6.42 Å². The van der Waals surface area contributed by atoms with Crippen LogP contribution in [0.15, 0.2) is 35.7 Å². The third-order valence-corrected chi connectivity index (χ3v) is 4.06. The highest BCUT2D eigenvalue weighted by molar-refractivity contribution is 7.09. The second-order valence-corrected chi connectivity index (χ2v) is 5.50. The van der Waals surface area contributed by atoms with Gasteiger partial charge in [0.05, 0.1) is 7.11 Å². The van der Waals surface area contributed by atoms with Gasteiger partial charge in [-0.05, 0) is 48.4 Å². The van der Waals surface area contributed by atoms with Crippen molar-refractivity contribution in [3.8, 4) is 5.75 Å². The summed E-state index contributed by atoms with van der Waals surface area (Å²) in [6, 6.07) is 8.98. The highest BCUT2D eigenvalue weighted by atomic mass is 32.1. The fourth-order valence-electron chi connectivity index (χ4n) is 2.03. The molecule has 0 saturated carbocycles. The molecule has 19 heavy (non-hydrogen) atoms. The summed E-state index contributed by atoms with van der Waals surface area (Å²) >= 11 is 1.76. The molecule has 0 aliphatic rings. The van der Waals surface area contributed by atoms with Crippen molar-refractivity contribution in [1.82, 2.24) is 0 Å². The molecule has 0 aliphatic carbocycles. The van der Waals surface area contributed by atoms with E-state index in [0.717, 1.165) is 24.8 Å². The van der Waals surface area contributed by atoms with Crippen molar-refractivity contribution in [3.05, 3.63) is 52.0 Å². The molecular formula is C15H18FNOS. The molecule has 0 amide bonds. The van der Waals surface area contributed by atoms with Crippen molar-refractivity contribution >= 4 is 11.3 Å². The van der Waals surface area contributed by atoms with Gasteiger partial charge in [-0.1, -0.05) is 12.1 Å². The first-order valence-electron chi connectivity index (χ1n) is 6.32. The molecule has 1 heterocycles. The average Bonchev–Trinajstić information content (AvgIpc) is 2.91. The summed E-state index contributed by atoms with van der Waals surface area (Å²) in [5, 5.41) is 2.08. The van der Waals surface area contributed by atoms with E-state index in [1.54, 1.807) is 17.4 Å². The number of aryl methyl sites for hydroxylation is 1. The van der Waals surface area contributed by atoms with E-state index in [2.05, 4.69) is 17.5 Å². The molecule has 2 N–H and O–H groups in total. The minimum Gasteiger partial charge on any atom is -0.494 e. The molecule has 0 radical (unpaired) electrons. The van der Waals surface area contributed by atoms with Gasteiger partial charge in [-0.25, -0.2) is 4.39 Å². The predicted molar refractivity (Wildman–Crippen MR) is 77.1 cm³/mol. The van der Waals surface area contributed by atoms with Gasteiger partial charge < -0.3 is 10.5 Å². The fourth-order valence-corrected chi connectivity index (χ4v) is 2.78. The number of ether oxygens (including phenoxy) is 1. The van der Waals surface area contributed by atoms with Crippen LogP contribution in [0.2, 0.25) is 0 Å². The van der Waals surface area contributed by atoms with Crippen LogP contribution in [0.25, 0.3) is 0 Å². The van der Waals surface area contributed by atoms with Crippen LogP contribution in [0.4, 0.5) is 4.39 Å². The number of rotatable bonds is 6. The third kappa shape index (κ3) is 3.78. The lowest BCUT2D eigenvalue weighted by Crippen LogP contribution is -2.11. The van der Waals surface area contributed by atoms with Crippen LogP contribution in [0.3, 0.4) is 0 Å². The maximum atomic E-state index is 13.6. The normalized spacial score (nSPS) is 12.4. The van der Waals surface area contributed by atoms with Crippen molar-refractivity contribution in [1.29, 1.82) is 0 Å². The van der Waals surface area contributed by atoms with Crippen molar-refractivity contribution in [2.45, 2.75) is 25.3 Å². The molecule has 2 aromatic rings. The number of thiophene rings is 1. The Hall–Kier alpha value is -1.39. The van der Waals surface area contributed by atoms with Crippen molar-refractivity contribution in [2.24, 2.45) is 5.73 Å². The van der Waals surface area contributed by atoms with Crippen molar-refractivity contribution in [2.75, 3.05) is 7.11 Å². The Balaban J connectivity index is 1.88. The number of halogens is 1. The van der Waals surface area contributed by atoms with Gasteiger partial charge in [0.25, 0.3) is 0 Å². The Bertz CT molecular complexity index is 513. The Labute approximate surface area is 117 Å². The average molecular weight is 279 g/mol. The number of hydrogen-bond acceptors (Lipinski definition) is 3. The Morgan fingerprint density at radius 3 is 2.84 bits per heavy atom. The second-order valence-electron chi connectivity index (χ2n) is 4.47. The topological polar surface area (TPSA) is 35.2 Å². The van der Waals surface area contributed by atoms with E-state index in [1.165, 1.54) is 18.1 Å². The first kappa shape index (κ1) is 14.0. The van der Waals surface area contributed by atoms with E-state index >= 15 is 0 Å². The standard InChI is InChI=1S/C15H18FNOS/c1-18-15-8-7-11(10-13(15)16)14(17)6-2-4-12-5-3-9-19-12/h3,5,7-10,14H,2,4,6,17H2,1H3. The molecule has 0 fully saturated rings. The van der Waals surface area contributed by atoms with Gasteiger partial charge in [-0.2, -0.15) is 0 Å². The van der Waals surface area contributed by atoms with Gasteiger partial charge in [-0.3, -0.25) is 0 Å². The summed E-state index contributed by atoms with van der Waals surface area (Å²) in [7, 11) is 1.46. The number of hydrogen-bond donors (Lipinski definition) is 1. The number of benzene rings is 1. The zero-order chi connectivity index (χ0) is 13.7. The lowest BCUT2D eigenvalue weighted by atomic mass is 10.0. The molecule has 0 bridgehead atoms. The molecule has 0 saturated heterocycles. The maximum Gasteiger partial charge on any atom is 0.165 e. The smallest absolute Gasteiger partial charge is 0.165 e. The minimum absolute atomic E-state index is 0.125. The molecule has 102 valence electrons. The fraction of sp³-hybridized carbons (Fsp3) is 0.333. The van der Waals surface area contributed by atoms with Gasteiger partial charge in [0, 0.05) is 10.9 Å². The summed E-state index contributed by atoms with van der Waals surface area (Å²) < 4.78 is 18.5. The summed E-state index contributed by atoms with van der Waals surface area (Å²) in [6.07, 6.45) is 2.89. The van der Waals surface area contributed by atoms with Crippen LogP contribution in [-0.4, -0.2) is 7.11 Å². The largest absolute Gasteiger partial charge is 0.494 e. The molecule has 1 aromatic heterocycles. The van der Waals surface area contributed by atoms with Gasteiger partial charge in [-0.15, -0.1) is 11.3 Å². The first-order chi connectivity index (χ1) is 9.20. The summed E-state index contributed by atoms with van der Waals surface area (Å²) in [5.41, 5.74) is 6.91. The molecule has 0 aliphatic heterocycles. The van der Waals surface area contributed by atoms with Crippen molar-refractivity contribution in [3.63, 3.8) is 0 Å². The first-order valence-corrected chi connectivity index (χ1v) is 7.20. The van der Waals surface area contributed by atoms with Gasteiger partial charge in [0.2, 0.25) is 0 Å². The molecular weight excluding hydrogens is 261 g/mol. The highest BCUT2D eigenvalue weighted by Crippen LogP contribution is 2.24. The number of nitrogens with two attached hydrogens (primary N) is 1. The molecule has 1 aromatic carbocycles. The molecule has 1 atom stereocenters. The summed E-state index contributed by atoms with van der Waals surface area (Å²) in [5.74, 6) is -0.0942. The van der Waals surface area contributed by atoms with E-state index in [9.17, 15) is 4.39 Å². The SMILES string of the molecule is COc1ccc(C(N)CCCc2cccs2)cc1F. The molecule has 4 heteroatoms. The van der Waals surface area contributed by atoms with Gasteiger partial charge in [0.15, 0.2) is 11.6 Å². The van der Waals surface area contributed by atoms with Crippen LogP contribution in [0.5, 0.6) is 5.75 Å². The third-order valence-electron chi connectivity index (χ3n) is 3.12. The van der Waals surface area contributed by atoms with Gasteiger partial charge in [0.1, 0.15) is 0 Å². The molecule has 1 unspecified atom stereocenters. The van der Waals surface area contributed by atoms with E-state index in [4.69, 9.17) is 10.5 Å². The molecule has 2 rings (SSSR count). The zero-order valence-corrected chi connectivity index (χ0v) is 11.8. The van der Waals surface area contributed by atoms with E-state index in [1.807, 2.05) is 6.07 Å².